The third-order valence-electron chi connectivity index (χ3n) is 7.89. The van der Waals surface area contributed by atoms with Crippen molar-refractivity contribution < 1.29 is 27.5 Å². The second-order valence-corrected chi connectivity index (χ2v) is 13.8. The standard InChI is InChI=1S/C33H39Cl2N3O6S/c1-43-30-17-15-26(20-31(30)44-2)38(45(3,41)42)22-32(39)37(21-24-14-16-27(34)28(35)18-24)29(19-23-10-6-4-7-11-23)33(40)36-25-12-8-5-9-13-25/h4,6-7,10-11,14-18,20,25,29H,5,8-9,12-13,19,21-22H2,1-3H3,(H,36,40)/t29-/m1/s1. The van der Waals surface area contributed by atoms with E-state index in [-0.39, 0.29) is 30.6 Å². The third kappa shape index (κ3) is 9.28. The van der Waals surface area contributed by atoms with Crippen LogP contribution in [0, 0.1) is 0 Å². The maximum absolute atomic E-state index is 14.4. The molecular formula is C33H39Cl2N3O6S. The number of halogens is 2. The third-order valence-corrected chi connectivity index (χ3v) is 9.77. The molecule has 4 rings (SSSR count). The highest BCUT2D eigenvalue weighted by molar-refractivity contribution is 7.92. The minimum absolute atomic E-state index is 0.00511. The fourth-order valence-corrected chi connectivity index (χ4v) is 6.69. The summed E-state index contributed by atoms with van der Waals surface area (Å²) in [5, 5.41) is 3.84. The Hall–Kier alpha value is -3.47. The lowest BCUT2D eigenvalue weighted by Gasteiger charge is -2.35. The molecule has 1 fully saturated rings. The molecule has 45 heavy (non-hydrogen) atoms. The Morgan fingerprint density at radius 2 is 1.58 bits per heavy atom. The predicted octanol–water partition coefficient (Wildman–Crippen LogP) is 5.87. The lowest BCUT2D eigenvalue weighted by Crippen LogP contribution is -2.55. The number of anilines is 1. The van der Waals surface area contributed by atoms with E-state index in [9.17, 15) is 18.0 Å². The number of carbonyl (C=O) groups excluding carboxylic acids is 2. The van der Waals surface area contributed by atoms with E-state index in [0.717, 1.165) is 48.2 Å². The summed E-state index contributed by atoms with van der Waals surface area (Å²) in [6, 6.07) is 18.1. The summed E-state index contributed by atoms with van der Waals surface area (Å²) < 4.78 is 37.9. The number of ether oxygens (including phenoxy) is 2. The van der Waals surface area contributed by atoms with Crippen LogP contribution in [0.2, 0.25) is 10.0 Å². The molecular weight excluding hydrogens is 637 g/mol. The van der Waals surface area contributed by atoms with E-state index in [1.165, 1.54) is 31.3 Å². The predicted molar refractivity (Wildman–Crippen MR) is 178 cm³/mol. The molecule has 0 unspecified atom stereocenters. The molecule has 0 saturated heterocycles. The number of carbonyl (C=O) groups is 2. The van der Waals surface area contributed by atoms with Crippen LogP contribution in [0.15, 0.2) is 66.7 Å². The van der Waals surface area contributed by atoms with Crippen molar-refractivity contribution in [3.05, 3.63) is 87.9 Å². The summed E-state index contributed by atoms with van der Waals surface area (Å²) in [5.74, 6) is -0.153. The molecule has 0 radical (unpaired) electrons. The number of benzene rings is 3. The minimum Gasteiger partial charge on any atom is -0.493 e. The number of rotatable bonds is 13. The topological polar surface area (TPSA) is 105 Å². The second kappa shape index (κ2) is 15.7. The van der Waals surface area contributed by atoms with Crippen molar-refractivity contribution in [1.29, 1.82) is 0 Å². The zero-order valence-electron chi connectivity index (χ0n) is 25.7. The highest BCUT2D eigenvalue weighted by Crippen LogP contribution is 2.33. The highest BCUT2D eigenvalue weighted by atomic mass is 35.5. The van der Waals surface area contributed by atoms with Gasteiger partial charge in [0, 0.05) is 25.1 Å². The van der Waals surface area contributed by atoms with Crippen molar-refractivity contribution in [1.82, 2.24) is 10.2 Å². The summed E-state index contributed by atoms with van der Waals surface area (Å²) in [5.41, 5.74) is 1.70. The SMILES string of the molecule is COc1ccc(N(CC(=O)N(Cc2ccc(Cl)c(Cl)c2)[C@H](Cc2ccccc2)C(=O)NC2CCCCC2)S(C)(=O)=O)cc1OC. The van der Waals surface area contributed by atoms with Gasteiger partial charge in [0.05, 0.1) is 36.2 Å². The molecule has 0 aromatic heterocycles. The number of methoxy groups -OCH3 is 2. The van der Waals surface area contributed by atoms with Crippen molar-refractivity contribution in [3.63, 3.8) is 0 Å². The van der Waals surface area contributed by atoms with E-state index in [1.807, 2.05) is 30.3 Å². The molecule has 2 amide bonds. The number of nitrogens with one attached hydrogen (secondary N) is 1. The summed E-state index contributed by atoms with van der Waals surface area (Å²) in [7, 11) is -1.04. The summed E-state index contributed by atoms with van der Waals surface area (Å²) in [4.78, 5) is 29.9. The number of amides is 2. The van der Waals surface area contributed by atoms with Gasteiger partial charge < -0.3 is 19.7 Å². The van der Waals surface area contributed by atoms with E-state index < -0.39 is 28.5 Å². The monoisotopic (exact) mass is 675 g/mol. The van der Waals surface area contributed by atoms with Gasteiger partial charge in [-0.05, 0) is 48.2 Å². The van der Waals surface area contributed by atoms with Crippen LogP contribution in [0.25, 0.3) is 0 Å². The molecule has 1 aliphatic carbocycles. The first-order valence-electron chi connectivity index (χ1n) is 14.8. The highest BCUT2D eigenvalue weighted by Gasteiger charge is 2.34. The average molecular weight is 677 g/mol. The summed E-state index contributed by atoms with van der Waals surface area (Å²) in [6.07, 6.45) is 6.15. The van der Waals surface area contributed by atoms with Crippen LogP contribution in [0.1, 0.15) is 43.2 Å². The van der Waals surface area contributed by atoms with E-state index in [2.05, 4.69) is 5.32 Å². The largest absolute Gasteiger partial charge is 0.493 e. The summed E-state index contributed by atoms with van der Waals surface area (Å²) >= 11 is 12.5. The van der Waals surface area contributed by atoms with Crippen LogP contribution in [0.5, 0.6) is 11.5 Å². The molecule has 0 spiro atoms. The fraction of sp³-hybridized carbons (Fsp3) is 0.394. The van der Waals surface area contributed by atoms with Gasteiger partial charge in [-0.2, -0.15) is 0 Å². The lowest BCUT2D eigenvalue weighted by molar-refractivity contribution is -0.140. The Bertz CT molecular complexity index is 1580. The van der Waals surface area contributed by atoms with Crippen molar-refractivity contribution in [2.75, 3.05) is 31.3 Å². The molecule has 1 N–H and O–H groups in total. The van der Waals surface area contributed by atoms with Gasteiger partial charge in [-0.1, -0.05) is 78.9 Å². The molecule has 12 heteroatoms. The van der Waals surface area contributed by atoms with Crippen LogP contribution in [-0.2, 0) is 32.6 Å². The van der Waals surface area contributed by atoms with Gasteiger partial charge in [0.25, 0.3) is 0 Å². The molecule has 3 aromatic rings. The van der Waals surface area contributed by atoms with E-state index in [4.69, 9.17) is 32.7 Å². The zero-order valence-corrected chi connectivity index (χ0v) is 28.0. The Morgan fingerprint density at radius 1 is 0.889 bits per heavy atom. The van der Waals surface area contributed by atoms with Crippen LogP contribution in [0.4, 0.5) is 5.69 Å². The zero-order chi connectivity index (χ0) is 32.6. The molecule has 3 aromatic carbocycles. The maximum Gasteiger partial charge on any atom is 0.244 e. The number of nitrogens with zero attached hydrogens (tertiary/aromatic N) is 2. The quantitative estimate of drug-likeness (QED) is 0.243. The Labute approximate surface area is 275 Å². The Balaban J connectivity index is 1.75. The smallest absolute Gasteiger partial charge is 0.244 e. The molecule has 1 aliphatic rings. The van der Waals surface area contributed by atoms with Gasteiger partial charge in [-0.15, -0.1) is 0 Å². The van der Waals surface area contributed by atoms with Gasteiger partial charge in [-0.3, -0.25) is 13.9 Å². The molecule has 0 heterocycles. The van der Waals surface area contributed by atoms with Gasteiger partial charge >= 0.3 is 0 Å². The minimum atomic E-state index is -3.95. The molecule has 0 bridgehead atoms. The van der Waals surface area contributed by atoms with Gasteiger partial charge in [0.2, 0.25) is 21.8 Å². The molecule has 9 nitrogen and oxygen atoms in total. The first-order valence-corrected chi connectivity index (χ1v) is 17.4. The molecule has 242 valence electrons. The lowest BCUT2D eigenvalue weighted by atomic mass is 9.94. The van der Waals surface area contributed by atoms with Crippen LogP contribution in [0.3, 0.4) is 0 Å². The first kappa shape index (κ1) is 34.4. The molecule has 0 aliphatic heterocycles. The molecule has 1 saturated carbocycles. The second-order valence-electron chi connectivity index (χ2n) is 11.1. The van der Waals surface area contributed by atoms with Crippen molar-refractivity contribution >= 4 is 50.7 Å². The van der Waals surface area contributed by atoms with E-state index in [1.54, 1.807) is 24.3 Å². The normalized spacial score (nSPS) is 14.3. The van der Waals surface area contributed by atoms with Crippen LogP contribution < -0.4 is 19.1 Å². The number of hydrogen-bond donors (Lipinski definition) is 1. The maximum atomic E-state index is 14.4. The van der Waals surface area contributed by atoms with Crippen LogP contribution >= 0.6 is 23.2 Å². The van der Waals surface area contributed by atoms with Crippen molar-refractivity contribution in [2.24, 2.45) is 0 Å². The fourth-order valence-electron chi connectivity index (χ4n) is 5.53. The van der Waals surface area contributed by atoms with Gasteiger partial charge in [-0.25, -0.2) is 8.42 Å². The van der Waals surface area contributed by atoms with Crippen LogP contribution in [-0.4, -0.2) is 64.2 Å². The number of hydrogen-bond acceptors (Lipinski definition) is 6. The summed E-state index contributed by atoms with van der Waals surface area (Å²) in [6.45, 7) is -0.563. The Morgan fingerprint density at radius 3 is 2.20 bits per heavy atom. The van der Waals surface area contributed by atoms with Crippen molar-refractivity contribution in [2.45, 2.75) is 57.2 Å². The van der Waals surface area contributed by atoms with Gasteiger partial charge in [0.1, 0.15) is 12.6 Å². The van der Waals surface area contributed by atoms with E-state index >= 15 is 0 Å². The van der Waals surface area contributed by atoms with Gasteiger partial charge in [0.15, 0.2) is 11.5 Å². The first-order chi connectivity index (χ1) is 21.5. The Kier molecular flexibility index (Phi) is 12.0. The van der Waals surface area contributed by atoms with Crippen molar-refractivity contribution in [3.8, 4) is 11.5 Å². The van der Waals surface area contributed by atoms with E-state index in [0.29, 0.717) is 27.1 Å². The molecule has 1 atom stereocenters. The average Bonchev–Trinajstić information content (AvgIpc) is 3.03. The number of sulfonamides is 1.